The van der Waals surface area contributed by atoms with Crippen molar-refractivity contribution in [2.45, 2.75) is 31.5 Å². The molecule has 1 aromatic rings. The molecular weight excluding hydrogens is 250 g/mol. The van der Waals surface area contributed by atoms with E-state index < -0.39 is 6.10 Å². The number of aliphatic hydroxyl groups is 2. The summed E-state index contributed by atoms with van der Waals surface area (Å²) in [5, 5.41) is 20.2. The van der Waals surface area contributed by atoms with Crippen LogP contribution in [0.5, 0.6) is 0 Å². The van der Waals surface area contributed by atoms with Crippen molar-refractivity contribution in [3.63, 3.8) is 0 Å². The van der Waals surface area contributed by atoms with E-state index in [0.29, 0.717) is 5.02 Å². The molecule has 0 bridgehead atoms. The Labute approximate surface area is 113 Å². The monoisotopic (exact) mass is 269 g/mol. The minimum atomic E-state index is -0.436. The van der Waals surface area contributed by atoms with E-state index in [9.17, 15) is 10.2 Å². The van der Waals surface area contributed by atoms with Crippen LogP contribution in [0, 0.1) is 0 Å². The first-order valence-corrected chi connectivity index (χ1v) is 6.87. The van der Waals surface area contributed by atoms with Crippen LogP contribution in [0.25, 0.3) is 0 Å². The Morgan fingerprint density at radius 1 is 1.22 bits per heavy atom. The Morgan fingerprint density at radius 3 is 2.44 bits per heavy atom. The Bertz CT molecular complexity index is 361. The fourth-order valence-electron chi connectivity index (χ4n) is 2.30. The number of hydrogen-bond acceptors (Lipinski definition) is 3. The summed E-state index contributed by atoms with van der Waals surface area (Å²) in [5.74, 6) is 0. The van der Waals surface area contributed by atoms with E-state index in [1.807, 2.05) is 12.1 Å². The number of piperidine rings is 1. The highest BCUT2D eigenvalue weighted by Gasteiger charge is 2.17. The molecule has 1 fully saturated rings. The molecule has 3 nitrogen and oxygen atoms in total. The second kappa shape index (κ2) is 6.53. The van der Waals surface area contributed by atoms with Gasteiger partial charge in [0.15, 0.2) is 0 Å². The predicted molar refractivity (Wildman–Crippen MR) is 72.7 cm³/mol. The first-order valence-electron chi connectivity index (χ1n) is 6.49. The minimum Gasteiger partial charge on any atom is -0.393 e. The maximum absolute atomic E-state index is 10.1. The molecule has 0 saturated carbocycles. The molecule has 100 valence electrons. The van der Waals surface area contributed by atoms with Gasteiger partial charge < -0.3 is 15.1 Å². The van der Waals surface area contributed by atoms with Crippen LogP contribution in [0.2, 0.25) is 5.02 Å². The van der Waals surface area contributed by atoms with Crippen molar-refractivity contribution in [2.24, 2.45) is 0 Å². The quantitative estimate of drug-likeness (QED) is 0.881. The minimum absolute atomic E-state index is 0.137. The number of rotatable bonds is 4. The maximum Gasteiger partial charge on any atom is 0.0802 e. The zero-order valence-corrected chi connectivity index (χ0v) is 11.2. The van der Waals surface area contributed by atoms with Crippen molar-refractivity contribution in [3.05, 3.63) is 34.9 Å². The van der Waals surface area contributed by atoms with Gasteiger partial charge in [-0.25, -0.2) is 0 Å². The molecule has 0 spiro atoms. The molecule has 4 heteroatoms. The van der Waals surface area contributed by atoms with E-state index in [2.05, 4.69) is 4.90 Å². The van der Waals surface area contributed by atoms with Crippen LogP contribution in [-0.4, -0.2) is 40.9 Å². The number of halogens is 1. The molecule has 1 aliphatic heterocycles. The molecule has 1 heterocycles. The Balaban J connectivity index is 1.77. The summed E-state index contributed by atoms with van der Waals surface area (Å²) in [6.07, 6.45) is 1.84. The third-order valence-corrected chi connectivity index (χ3v) is 3.78. The van der Waals surface area contributed by atoms with Gasteiger partial charge in [-0.15, -0.1) is 0 Å². The summed E-state index contributed by atoms with van der Waals surface area (Å²) in [4.78, 5) is 2.30. The van der Waals surface area contributed by atoms with Gasteiger partial charge in [0.2, 0.25) is 0 Å². The zero-order valence-electron chi connectivity index (χ0n) is 10.4. The van der Waals surface area contributed by atoms with E-state index in [1.165, 1.54) is 0 Å². The number of benzene rings is 1. The average molecular weight is 270 g/mol. The van der Waals surface area contributed by atoms with Gasteiger partial charge >= 0.3 is 0 Å². The molecular formula is C14H20ClNO2. The van der Waals surface area contributed by atoms with Gasteiger partial charge in [-0.3, -0.25) is 0 Å². The van der Waals surface area contributed by atoms with Crippen LogP contribution in [0.1, 0.15) is 30.9 Å². The van der Waals surface area contributed by atoms with Crippen LogP contribution in [0.3, 0.4) is 0 Å². The number of hydrogen-bond donors (Lipinski definition) is 2. The summed E-state index contributed by atoms with van der Waals surface area (Å²) in [6.45, 7) is 2.72. The van der Waals surface area contributed by atoms with Gasteiger partial charge in [0.1, 0.15) is 0 Å². The Hall–Kier alpha value is -0.610. The second-order valence-electron chi connectivity index (χ2n) is 4.93. The highest BCUT2D eigenvalue weighted by molar-refractivity contribution is 6.30. The maximum atomic E-state index is 10.1. The summed E-state index contributed by atoms with van der Waals surface area (Å²) < 4.78 is 0. The molecule has 1 aromatic carbocycles. The smallest absolute Gasteiger partial charge is 0.0802 e. The highest BCUT2D eigenvalue weighted by Crippen LogP contribution is 2.20. The molecule has 18 heavy (non-hydrogen) atoms. The highest BCUT2D eigenvalue weighted by atomic mass is 35.5. The van der Waals surface area contributed by atoms with Crippen molar-refractivity contribution < 1.29 is 10.2 Å². The second-order valence-corrected chi connectivity index (χ2v) is 5.37. The molecule has 0 aliphatic carbocycles. The number of nitrogens with zero attached hydrogens (tertiary/aromatic N) is 1. The molecule has 2 rings (SSSR count). The lowest BCUT2D eigenvalue weighted by atomic mass is 10.0. The van der Waals surface area contributed by atoms with Gasteiger partial charge in [-0.05, 0) is 37.0 Å². The SMILES string of the molecule is OC1CCN(CCC(O)c2ccc(Cl)cc2)CC1. The molecule has 1 atom stereocenters. The molecule has 1 saturated heterocycles. The lowest BCUT2D eigenvalue weighted by Gasteiger charge is -2.30. The zero-order chi connectivity index (χ0) is 13.0. The Morgan fingerprint density at radius 2 is 1.83 bits per heavy atom. The van der Waals surface area contributed by atoms with Crippen LogP contribution in [0.4, 0.5) is 0 Å². The largest absolute Gasteiger partial charge is 0.393 e. The summed E-state index contributed by atoms with van der Waals surface area (Å²) in [6, 6.07) is 7.34. The average Bonchev–Trinajstić information content (AvgIpc) is 2.38. The van der Waals surface area contributed by atoms with Crippen molar-refractivity contribution in [1.29, 1.82) is 0 Å². The Kier molecular flexibility index (Phi) is 5.01. The summed E-state index contributed by atoms with van der Waals surface area (Å²) in [5.41, 5.74) is 0.913. The fourth-order valence-corrected chi connectivity index (χ4v) is 2.43. The van der Waals surface area contributed by atoms with Crippen LogP contribution < -0.4 is 0 Å². The predicted octanol–water partition coefficient (Wildman–Crippen LogP) is 2.22. The molecule has 0 radical (unpaired) electrons. The van der Waals surface area contributed by atoms with E-state index in [1.54, 1.807) is 12.1 Å². The normalized spacial score (nSPS) is 19.9. The van der Waals surface area contributed by atoms with Crippen molar-refractivity contribution in [3.8, 4) is 0 Å². The van der Waals surface area contributed by atoms with Gasteiger partial charge in [-0.1, -0.05) is 23.7 Å². The molecule has 1 unspecified atom stereocenters. The van der Waals surface area contributed by atoms with Gasteiger partial charge in [-0.2, -0.15) is 0 Å². The van der Waals surface area contributed by atoms with Gasteiger partial charge in [0.05, 0.1) is 12.2 Å². The van der Waals surface area contributed by atoms with E-state index in [4.69, 9.17) is 11.6 Å². The number of likely N-dealkylation sites (tertiary alicyclic amines) is 1. The van der Waals surface area contributed by atoms with E-state index in [0.717, 1.165) is 44.5 Å². The van der Waals surface area contributed by atoms with Crippen LogP contribution in [-0.2, 0) is 0 Å². The summed E-state index contributed by atoms with van der Waals surface area (Å²) >= 11 is 5.82. The molecule has 1 aliphatic rings. The van der Waals surface area contributed by atoms with Crippen LogP contribution >= 0.6 is 11.6 Å². The van der Waals surface area contributed by atoms with Crippen molar-refractivity contribution in [2.75, 3.05) is 19.6 Å². The molecule has 0 aromatic heterocycles. The number of aliphatic hydroxyl groups excluding tert-OH is 2. The fraction of sp³-hybridized carbons (Fsp3) is 0.571. The van der Waals surface area contributed by atoms with E-state index in [-0.39, 0.29) is 6.10 Å². The van der Waals surface area contributed by atoms with Crippen molar-refractivity contribution in [1.82, 2.24) is 4.90 Å². The van der Waals surface area contributed by atoms with E-state index >= 15 is 0 Å². The standard InChI is InChI=1S/C14H20ClNO2/c15-12-3-1-11(2-4-12)14(18)7-10-16-8-5-13(17)6-9-16/h1-4,13-14,17-18H,5-10H2. The third kappa shape index (κ3) is 3.95. The van der Waals surface area contributed by atoms with Crippen molar-refractivity contribution >= 4 is 11.6 Å². The molecule has 0 amide bonds. The van der Waals surface area contributed by atoms with Gasteiger partial charge in [0, 0.05) is 24.7 Å². The lowest BCUT2D eigenvalue weighted by molar-refractivity contribution is 0.0711. The van der Waals surface area contributed by atoms with Crippen LogP contribution in [0.15, 0.2) is 24.3 Å². The first-order chi connectivity index (χ1) is 8.65. The summed E-state index contributed by atoms with van der Waals surface area (Å²) in [7, 11) is 0. The first kappa shape index (κ1) is 13.8. The van der Waals surface area contributed by atoms with Gasteiger partial charge in [0.25, 0.3) is 0 Å². The topological polar surface area (TPSA) is 43.7 Å². The molecule has 2 N–H and O–H groups in total. The lowest BCUT2D eigenvalue weighted by Crippen LogP contribution is -2.36. The third-order valence-electron chi connectivity index (χ3n) is 3.53.